The van der Waals surface area contributed by atoms with Crippen LogP contribution in [0.3, 0.4) is 0 Å². The summed E-state index contributed by atoms with van der Waals surface area (Å²) in [4.78, 5) is 44.3. The van der Waals surface area contributed by atoms with Crippen LogP contribution in [-0.4, -0.2) is 63.6 Å². The molecule has 0 saturated heterocycles. The Morgan fingerprint density at radius 3 is 1.79 bits per heavy atom. The van der Waals surface area contributed by atoms with Crippen molar-refractivity contribution in [3.05, 3.63) is 83.4 Å². The number of benzene rings is 4. The van der Waals surface area contributed by atoms with Crippen LogP contribution in [0.5, 0.6) is 11.8 Å². The van der Waals surface area contributed by atoms with Gasteiger partial charge in [-0.3, -0.25) is 0 Å². The number of azo groups is 1. The Kier molecular flexibility index (Phi) is 28.5. The van der Waals surface area contributed by atoms with Crippen molar-refractivity contribution in [1.29, 1.82) is 0 Å². The molecule has 0 aliphatic heterocycles. The minimum atomic E-state index is -5.09. The SMILES string of the molecule is O=C([O-])c1cc(Nc2nc([O-])nc(Nc3cc(S(=O)(=O)[O-])cc4c[c-]c(N=Nc5ccccc5C(=O)[O-])c(O)c34)n2)cc(C(=O)[O-])c1.O=S(=O)=O.[Na+].[Na+].[Na+].[Na+].[Na+].[Na+]. The summed E-state index contributed by atoms with van der Waals surface area (Å²) in [5.74, 6) is -6.79. The van der Waals surface area contributed by atoms with E-state index in [2.05, 4.69) is 41.9 Å². The Bertz CT molecular complexity index is 2480. The number of aromatic nitrogens is 3. The van der Waals surface area contributed by atoms with Gasteiger partial charge in [-0.1, -0.05) is 29.7 Å². The number of carboxylic acid groups (broad SMARTS) is 3. The molecule has 0 bridgehead atoms. The zero-order valence-electron chi connectivity index (χ0n) is 30.6. The number of carboxylic acids is 3. The number of carbonyl (C=O) groups excluding carboxylic acids is 3. The summed E-state index contributed by atoms with van der Waals surface area (Å²) >= 11 is 0. The van der Waals surface area contributed by atoms with Crippen molar-refractivity contribution in [2.75, 3.05) is 10.6 Å². The molecule has 21 nitrogen and oxygen atoms in total. The molecule has 4 aromatic carbocycles. The minimum absolute atomic E-state index is 0. The molecule has 0 fully saturated rings. The van der Waals surface area contributed by atoms with E-state index in [1.165, 1.54) is 24.3 Å². The van der Waals surface area contributed by atoms with Gasteiger partial charge < -0.3 is 55.1 Å². The van der Waals surface area contributed by atoms with Crippen molar-refractivity contribution < 1.29 is 243 Å². The molecule has 0 amide bonds. The fourth-order valence-corrected chi connectivity index (χ4v) is 4.69. The second-order valence-corrected chi connectivity index (χ2v) is 11.3. The molecule has 0 saturated carbocycles. The molecule has 0 radical (unpaired) electrons. The number of rotatable bonds is 10. The van der Waals surface area contributed by atoms with Crippen LogP contribution in [0.1, 0.15) is 31.1 Å². The molecule has 0 aliphatic carbocycles. The molecule has 3 N–H and O–H groups in total. The van der Waals surface area contributed by atoms with Crippen molar-refractivity contribution >= 4 is 84.1 Å². The first-order valence-corrected chi connectivity index (χ1v) is 15.5. The van der Waals surface area contributed by atoms with E-state index in [1.807, 2.05) is 0 Å². The van der Waals surface area contributed by atoms with Crippen LogP contribution >= 0.6 is 0 Å². The average Bonchev–Trinajstić information content (AvgIpc) is 3.03. The first-order valence-electron chi connectivity index (χ1n) is 13.1. The number of hydrogen-bond donors (Lipinski definition) is 3. The quantitative estimate of drug-likeness (QED) is 0.0507. The summed E-state index contributed by atoms with van der Waals surface area (Å²) in [6.07, 6.45) is 0. The number of aromatic hydroxyl groups is 1. The van der Waals surface area contributed by atoms with Gasteiger partial charge in [-0.15, -0.1) is 18.0 Å². The monoisotopic (exact) mass is 873 g/mol. The maximum Gasteiger partial charge on any atom is 1.00 e. The third-order valence-electron chi connectivity index (χ3n) is 6.16. The Morgan fingerprint density at radius 2 is 1.28 bits per heavy atom. The van der Waals surface area contributed by atoms with Crippen LogP contribution < -0.4 is 208 Å². The van der Waals surface area contributed by atoms with Gasteiger partial charge in [0.05, 0.1) is 29.6 Å². The third kappa shape index (κ3) is 17.4. The number of phenolic OH excluding ortho intramolecular Hbond substituents is 1. The predicted molar refractivity (Wildman–Crippen MR) is 158 cm³/mol. The van der Waals surface area contributed by atoms with Gasteiger partial charge in [0.25, 0.3) is 0 Å². The summed E-state index contributed by atoms with van der Waals surface area (Å²) in [6, 6.07) is 12.3. The maximum absolute atomic E-state index is 12.3. The molecule has 57 heavy (non-hydrogen) atoms. The molecule has 0 spiro atoms. The van der Waals surface area contributed by atoms with Crippen molar-refractivity contribution in [3.63, 3.8) is 0 Å². The number of nitrogens with one attached hydrogen (secondary N) is 2. The minimum Gasteiger partial charge on any atom is -0.844 e. The fourth-order valence-electron chi connectivity index (χ4n) is 4.16. The molecule has 1 heterocycles. The topological polar surface area (TPSA) is 360 Å². The van der Waals surface area contributed by atoms with Crippen LogP contribution in [0.4, 0.5) is 34.6 Å². The number of hydrogen-bond acceptors (Lipinski definition) is 21. The van der Waals surface area contributed by atoms with E-state index in [1.54, 1.807) is 0 Å². The summed E-state index contributed by atoms with van der Waals surface area (Å²) < 4.78 is 61.0. The second-order valence-electron chi connectivity index (χ2n) is 9.47. The zero-order chi connectivity index (χ0) is 37.6. The van der Waals surface area contributed by atoms with E-state index in [-0.39, 0.29) is 216 Å². The van der Waals surface area contributed by atoms with Gasteiger partial charge in [-0.2, -0.15) is 27.3 Å². The van der Waals surface area contributed by atoms with E-state index >= 15 is 0 Å². The Hall–Kier alpha value is -1.11. The number of aromatic carboxylic acids is 3. The molecular weight excluding hydrogens is 860 g/mol. The van der Waals surface area contributed by atoms with Crippen LogP contribution in [0.2, 0.25) is 0 Å². The van der Waals surface area contributed by atoms with Gasteiger partial charge in [0, 0.05) is 33.3 Å². The third-order valence-corrected chi connectivity index (χ3v) is 6.97. The summed E-state index contributed by atoms with van der Waals surface area (Å²) in [6.45, 7) is 0. The molecule has 29 heteroatoms. The number of anilines is 4. The normalized spacial score (nSPS) is 9.84. The van der Waals surface area contributed by atoms with Gasteiger partial charge in [-0.25, -0.2) is 18.4 Å². The van der Waals surface area contributed by atoms with Gasteiger partial charge >= 0.3 is 188 Å². The zero-order valence-corrected chi connectivity index (χ0v) is 44.2. The molecule has 5 aromatic rings. The summed E-state index contributed by atoms with van der Waals surface area (Å²) in [5, 5.41) is 69.8. The van der Waals surface area contributed by atoms with Crippen molar-refractivity contribution in [3.8, 4) is 11.8 Å². The van der Waals surface area contributed by atoms with E-state index in [4.69, 9.17) is 12.6 Å². The largest absolute Gasteiger partial charge is 1.00 e. The Morgan fingerprint density at radius 1 is 0.754 bits per heavy atom. The Labute approximate surface area is 455 Å². The fraction of sp³-hybridized carbons (Fsp3) is 0. The van der Waals surface area contributed by atoms with E-state index in [9.17, 15) is 52.9 Å². The van der Waals surface area contributed by atoms with Gasteiger partial charge in [-0.05, 0) is 41.5 Å². The molecular formula is C28H13N7Na6O14S2. The smallest absolute Gasteiger partial charge is 0.844 e. The van der Waals surface area contributed by atoms with Crippen molar-refractivity contribution in [2.24, 2.45) is 10.2 Å². The van der Waals surface area contributed by atoms with Crippen LogP contribution in [0.25, 0.3) is 10.8 Å². The molecule has 262 valence electrons. The number of phenols is 1. The first-order chi connectivity index (χ1) is 23.9. The molecule has 1 aromatic heterocycles. The maximum atomic E-state index is 12.3. The molecule has 0 atom stereocenters. The van der Waals surface area contributed by atoms with E-state index < -0.39 is 78.3 Å². The number of carbonyl (C=O) groups is 3. The predicted octanol–water partition coefficient (Wildman–Crippen LogP) is -19.5. The number of nitrogens with zero attached hydrogens (tertiary/aromatic N) is 5. The van der Waals surface area contributed by atoms with E-state index in [0.29, 0.717) is 0 Å². The van der Waals surface area contributed by atoms with Crippen LogP contribution in [0.15, 0.2) is 75.8 Å². The second kappa shape index (κ2) is 27.0. The molecule has 0 unspecified atom stereocenters. The Balaban J connectivity index is -0.00000278. The van der Waals surface area contributed by atoms with E-state index in [0.717, 1.165) is 36.4 Å². The molecule has 5 rings (SSSR count). The van der Waals surface area contributed by atoms with Gasteiger partial charge in [0.15, 0.2) is 0 Å². The van der Waals surface area contributed by atoms with Gasteiger partial charge in [0.1, 0.15) is 10.1 Å². The molecule has 0 aliphatic rings. The standard InChI is InChI=1S/C28H18N7O11S.6Na.O3S/c36-22-19(35-34-18-4-2-1-3-17(18)25(41)42)6-5-12-10-16(47(44,45)46)11-20(21(12)22)30-27-31-26(32-28(43)33-27)29-15-8-13(23(37)38)7-14(9-15)24(39)40;;;;;;;1-4(2)3/h1-5,7-11,36H,(H,37,38)(H,39,40)(H,41,42)(H,44,45,46)(H3,29,30,31,32,33,43);;;;;;;/q-1;6*+1;/p-5. The first kappa shape index (κ1) is 60.2. The van der Waals surface area contributed by atoms with Crippen molar-refractivity contribution in [2.45, 2.75) is 4.90 Å². The van der Waals surface area contributed by atoms with Crippen molar-refractivity contribution in [1.82, 2.24) is 15.0 Å². The van der Waals surface area contributed by atoms with Crippen LogP contribution in [-0.2, 0) is 20.7 Å². The average molecular weight is 874 g/mol. The number of fused-ring (bicyclic) bond motifs is 1. The summed E-state index contributed by atoms with van der Waals surface area (Å²) in [5.41, 5.74) is -2.47. The van der Waals surface area contributed by atoms with Crippen LogP contribution in [0, 0.1) is 6.07 Å². The summed E-state index contributed by atoms with van der Waals surface area (Å²) in [7, 11) is -8.20. The van der Waals surface area contributed by atoms with Gasteiger partial charge in [0.2, 0.25) is 11.9 Å².